The molecule has 2 heteroatoms. The second-order valence-electron chi connectivity index (χ2n) is 3.55. The van der Waals surface area contributed by atoms with Crippen molar-refractivity contribution in [2.45, 2.75) is 0 Å². The van der Waals surface area contributed by atoms with Gasteiger partial charge in [-0.1, -0.05) is 30.3 Å². The van der Waals surface area contributed by atoms with Gasteiger partial charge in [0.25, 0.3) is 0 Å². The maximum atomic E-state index is 5.34. The molecule has 0 saturated heterocycles. The topological polar surface area (TPSA) is 12.5 Å². The summed E-state index contributed by atoms with van der Waals surface area (Å²) in [6.07, 6.45) is 9.89. The van der Waals surface area contributed by atoms with Gasteiger partial charge in [0.1, 0.15) is 12.9 Å². The number of fused-ring (bicyclic) bond motifs is 2. The normalized spacial score (nSPS) is 17.3. The summed E-state index contributed by atoms with van der Waals surface area (Å²) in [5.74, 6) is 0. The smallest absolute Gasteiger partial charge is 0.128 e. The zero-order chi connectivity index (χ0) is 10.1. The van der Waals surface area contributed by atoms with Crippen LogP contribution in [-0.4, -0.2) is 11.5 Å². The molecule has 15 heavy (non-hydrogen) atoms. The number of nitrogens with zero attached hydrogens (tertiary/aromatic N) is 1. The first-order chi connectivity index (χ1) is 7.45. The van der Waals surface area contributed by atoms with Crippen LogP contribution in [0.3, 0.4) is 0 Å². The minimum Gasteiger partial charge on any atom is -0.493 e. The van der Waals surface area contributed by atoms with Crippen molar-refractivity contribution in [2.75, 3.05) is 6.61 Å². The van der Waals surface area contributed by atoms with E-state index in [2.05, 4.69) is 41.3 Å². The Labute approximate surface area is 88.1 Å². The van der Waals surface area contributed by atoms with Crippen LogP contribution in [0.5, 0.6) is 0 Å². The predicted molar refractivity (Wildman–Crippen MR) is 59.6 cm³/mol. The lowest BCUT2D eigenvalue weighted by molar-refractivity contribution is 0.261. The molecule has 0 N–H and O–H groups in total. The molecule has 0 saturated carbocycles. The summed E-state index contributed by atoms with van der Waals surface area (Å²) in [6, 6.07) is 8.36. The lowest BCUT2D eigenvalue weighted by Crippen LogP contribution is -2.32. The number of rotatable bonds is 0. The van der Waals surface area contributed by atoms with Gasteiger partial charge in [-0.3, -0.25) is 0 Å². The Morgan fingerprint density at radius 3 is 3.07 bits per heavy atom. The van der Waals surface area contributed by atoms with Gasteiger partial charge in [0.05, 0.1) is 5.70 Å². The predicted octanol–water partition coefficient (Wildman–Crippen LogP) is 0.906. The van der Waals surface area contributed by atoms with Crippen molar-refractivity contribution in [3.05, 3.63) is 59.4 Å². The molecule has 74 valence electrons. The molecule has 2 heterocycles. The van der Waals surface area contributed by atoms with Crippen molar-refractivity contribution in [3.63, 3.8) is 0 Å². The molecule has 0 aliphatic carbocycles. The molecule has 2 nitrogen and oxygen atoms in total. The molecular weight excluding hydrogens is 186 g/mol. The molecule has 3 rings (SSSR count). The second-order valence-corrected chi connectivity index (χ2v) is 3.55. The van der Waals surface area contributed by atoms with Gasteiger partial charge in [-0.2, -0.15) is 0 Å². The van der Waals surface area contributed by atoms with Gasteiger partial charge in [-0.05, 0) is 11.3 Å². The van der Waals surface area contributed by atoms with Crippen molar-refractivity contribution in [1.29, 1.82) is 0 Å². The average molecular weight is 197 g/mol. The zero-order valence-electron chi connectivity index (χ0n) is 8.26. The van der Waals surface area contributed by atoms with Crippen LogP contribution in [0.4, 0.5) is 0 Å². The molecule has 0 radical (unpaired) electrons. The third kappa shape index (κ3) is 1.34. The summed E-state index contributed by atoms with van der Waals surface area (Å²) < 4.78 is 5.34. The van der Waals surface area contributed by atoms with Crippen LogP contribution in [0.1, 0.15) is 0 Å². The van der Waals surface area contributed by atoms with E-state index >= 15 is 0 Å². The van der Waals surface area contributed by atoms with Crippen molar-refractivity contribution < 1.29 is 4.74 Å². The molecule has 1 aromatic carbocycles. The number of allylic oxidation sites excluding steroid dienone is 1. The zero-order valence-corrected chi connectivity index (χ0v) is 8.26. The molecule has 0 fully saturated rings. The van der Waals surface area contributed by atoms with Crippen molar-refractivity contribution in [2.24, 2.45) is 0 Å². The molecule has 0 spiro atoms. The van der Waals surface area contributed by atoms with Crippen LogP contribution < -0.4 is 10.4 Å². The molecule has 0 bridgehead atoms. The molecule has 1 aromatic rings. The van der Waals surface area contributed by atoms with E-state index in [1.807, 2.05) is 12.4 Å². The lowest BCUT2D eigenvalue weighted by Gasteiger charge is -2.22. The summed E-state index contributed by atoms with van der Waals surface area (Å²) in [4.78, 5) is 2.10. The fraction of sp³-hybridized carbons (Fsp3) is 0.0769. The van der Waals surface area contributed by atoms with Gasteiger partial charge in [0.2, 0.25) is 0 Å². The maximum absolute atomic E-state index is 5.34. The fourth-order valence-corrected chi connectivity index (χ4v) is 1.90. The highest BCUT2D eigenvalue weighted by molar-refractivity contribution is 5.54. The van der Waals surface area contributed by atoms with E-state index in [9.17, 15) is 0 Å². The largest absolute Gasteiger partial charge is 0.493 e. The average Bonchev–Trinajstić information content (AvgIpc) is 2.48. The van der Waals surface area contributed by atoms with E-state index in [0.717, 1.165) is 0 Å². The van der Waals surface area contributed by atoms with Crippen molar-refractivity contribution >= 4 is 11.8 Å². The Balaban J connectivity index is 2.38. The Kier molecular flexibility index (Phi) is 1.85. The van der Waals surface area contributed by atoms with Crippen LogP contribution in [-0.2, 0) is 4.74 Å². The minimum absolute atomic E-state index is 0.631. The number of benzene rings is 1. The number of ether oxygens (including phenoxy) is 1. The summed E-state index contributed by atoms with van der Waals surface area (Å²) in [5, 5.41) is 2.48. The first-order valence-corrected chi connectivity index (χ1v) is 4.98. The Morgan fingerprint density at radius 1 is 1.13 bits per heavy atom. The molecular formula is C13H11NO. The Hall–Kier alpha value is -1.96. The van der Waals surface area contributed by atoms with E-state index in [1.165, 1.54) is 16.1 Å². The Morgan fingerprint density at radius 2 is 2.07 bits per heavy atom. The van der Waals surface area contributed by atoms with Gasteiger partial charge in [-0.15, -0.1) is 0 Å². The third-order valence-corrected chi connectivity index (χ3v) is 2.64. The van der Waals surface area contributed by atoms with Crippen LogP contribution in [0.15, 0.2) is 49.0 Å². The van der Waals surface area contributed by atoms with Crippen LogP contribution in [0, 0.1) is 0 Å². The molecule has 2 aliphatic rings. The first kappa shape index (κ1) is 8.36. The van der Waals surface area contributed by atoms with E-state index in [1.54, 1.807) is 6.26 Å². The molecule has 0 unspecified atom stereocenters. The van der Waals surface area contributed by atoms with Gasteiger partial charge in [-0.25, -0.2) is 0 Å². The van der Waals surface area contributed by atoms with Gasteiger partial charge in [0, 0.05) is 17.6 Å². The van der Waals surface area contributed by atoms with Crippen LogP contribution in [0.25, 0.3) is 11.8 Å². The highest BCUT2D eigenvalue weighted by atomic mass is 16.5. The first-order valence-electron chi connectivity index (χ1n) is 4.98. The van der Waals surface area contributed by atoms with Gasteiger partial charge >= 0.3 is 0 Å². The standard InChI is InChI=1S/C13H11NO/c1-2-6-12-11(4-1)5-3-7-14-8-9-15-10-13(12)14/h1-9H,10H2. The van der Waals surface area contributed by atoms with E-state index in [0.29, 0.717) is 6.61 Å². The quantitative estimate of drug-likeness (QED) is 0.613. The lowest BCUT2D eigenvalue weighted by atomic mass is 10.2. The molecule has 2 aliphatic heterocycles. The minimum atomic E-state index is 0.631. The highest BCUT2D eigenvalue weighted by Crippen LogP contribution is 2.12. The second kappa shape index (κ2) is 3.31. The number of hydrogen-bond donors (Lipinski definition) is 0. The molecule has 0 atom stereocenters. The summed E-state index contributed by atoms with van der Waals surface area (Å²) in [7, 11) is 0. The van der Waals surface area contributed by atoms with Crippen molar-refractivity contribution in [3.8, 4) is 0 Å². The fourth-order valence-electron chi connectivity index (χ4n) is 1.90. The molecule has 0 amide bonds. The van der Waals surface area contributed by atoms with Crippen LogP contribution in [0.2, 0.25) is 0 Å². The molecule has 0 aromatic heterocycles. The van der Waals surface area contributed by atoms with Crippen LogP contribution >= 0.6 is 0 Å². The van der Waals surface area contributed by atoms with Gasteiger partial charge < -0.3 is 9.64 Å². The van der Waals surface area contributed by atoms with Gasteiger partial charge in [0.15, 0.2) is 0 Å². The van der Waals surface area contributed by atoms with Crippen molar-refractivity contribution in [1.82, 2.24) is 4.90 Å². The summed E-state index contributed by atoms with van der Waals surface area (Å²) in [6.45, 7) is 0.631. The Bertz CT molecular complexity index is 554. The van der Waals surface area contributed by atoms with E-state index in [4.69, 9.17) is 4.74 Å². The monoisotopic (exact) mass is 197 g/mol. The summed E-state index contributed by atoms with van der Waals surface area (Å²) >= 11 is 0. The number of hydrogen-bond acceptors (Lipinski definition) is 2. The van der Waals surface area contributed by atoms with E-state index < -0.39 is 0 Å². The summed E-state index contributed by atoms with van der Waals surface area (Å²) in [5.41, 5.74) is 1.19. The third-order valence-electron chi connectivity index (χ3n) is 2.64. The SMILES string of the molecule is C1=CN2C=COCC2=c2ccccc2=C1. The highest BCUT2D eigenvalue weighted by Gasteiger charge is 2.10. The maximum Gasteiger partial charge on any atom is 0.128 e. The van der Waals surface area contributed by atoms with E-state index in [-0.39, 0.29) is 0 Å².